The van der Waals surface area contributed by atoms with Crippen LogP contribution in [0.25, 0.3) is 10.9 Å². The Bertz CT molecular complexity index is 959. The summed E-state index contributed by atoms with van der Waals surface area (Å²) in [5, 5.41) is 11.9. The molecule has 0 saturated carbocycles. The molecule has 1 heterocycles. The summed E-state index contributed by atoms with van der Waals surface area (Å²) < 4.78 is 24.4. The summed E-state index contributed by atoms with van der Waals surface area (Å²) in [5.41, 5.74) is 1.81. The Kier molecular flexibility index (Phi) is 4.47. The van der Waals surface area contributed by atoms with E-state index in [0.29, 0.717) is 0 Å². The van der Waals surface area contributed by atoms with E-state index in [0.717, 1.165) is 34.3 Å². The lowest BCUT2D eigenvalue weighted by Gasteiger charge is -2.12. The van der Waals surface area contributed by atoms with Crippen LogP contribution >= 0.6 is 0 Å². The van der Waals surface area contributed by atoms with E-state index in [2.05, 4.69) is 4.98 Å². The van der Waals surface area contributed by atoms with E-state index < -0.39 is 16.4 Å². The number of para-hydroxylation sites is 1. The van der Waals surface area contributed by atoms with Gasteiger partial charge in [0.2, 0.25) is 5.82 Å². The second kappa shape index (κ2) is 6.72. The molecule has 0 radical (unpaired) electrons. The summed E-state index contributed by atoms with van der Waals surface area (Å²) in [4.78, 5) is 14.6. The summed E-state index contributed by atoms with van der Waals surface area (Å²) in [6, 6.07) is 11.5. The number of methoxy groups -OCH3 is 1. The molecule has 0 atom stereocenters. The first-order chi connectivity index (χ1) is 12.0. The second-order valence-corrected chi connectivity index (χ2v) is 5.44. The fourth-order valence-electron chi connectivity index (χ4n) is 2.51. The number of benzene rings is 2. The number of halogens is 1. The van der Waals surface area contributed by atoms with E-state index in [-0.39, 0.29) is 18.1 Å². The fourth-order valence-corrected chi connectivity index (χ4v) is 2.51. The van der Waals surface area contributed by atoms with Crippen LogP contribution in [0, 0.1) is 22.9 Å². The molecule has 0 aliphatic heterocycles. The van der Waals surface area contributed by atoms with E-state index in [1.807, 2.05) is 37.3 Å². The number of hydrogen-bond acceptors (Lipinski definition) is 5. The number of nitrogens with zero attached hydrogens (tertiary/aromatic N) is 2. The van der Waals surface area contributed by atoms with Crippen LogP contribution in [0.4, 0.5) is 10.1 Å². The molecule has 3 aromatic rings. The van der Waals surface area contributed by atoms with Crippen molar-refractivity contribution in [2.24, 2.45) is 0 Å². The van der Waals surface area contributed by atoms with E-state index in [1.54, 1.807) is 0 Å². The minimum atomic E-state index is -0.975. The SMILES string of the molecule is COc1cc(F)c([N+](=O)[O-])cc1OCc1cccc2ccc(C)nc12. The monoisotopic (exact) mass is 342 g/mol. The van der Waals surface area contributed by atoms with Gasteiger partial charge in [-0.25, -0.2) is 0 Å². The van der Waals surface area contributed by atoms with Crippen LogP contribution in [0.15, 0.2) is 42.5 Å². The van der Waals surface area contributed by atoms with E-state index in [9.17, 15) is 14.5 Å². The highest BCUT2D eigenvalue weighted by atomic mass is 19.1. The van der Waals surface area contributed by atoms with Crippen LogP contribution in [0.1, 0.15) is 11.3 Å². The van der Waals surface area contributed by atoms with Crippen molar-refractivity contribution < 1.29 is 18.8 Å². The predicted octanol–water partition coefficient (Wildman–Crippen LogP) is 4.18. The number of pyridine rings is 1. The number of nitro groups is 1. The van der Waals surface area contributed by atoms with Gasteiger partial charge in [0.15, 0.2) is 11.5 Å². The van der Waals surface area contributed by atoms with Gasteiger partial charge in [0.1, 0.15) is 6.61 Å². The smallest absolute Gasteiger partial charge is 0.308 e. The number of aromatic nitrogens is 1. The van der Waals surface area contributed by atoms with Gasteiger partial charge < -0.3 is 9.47 Å². The normalized spacial score (nSPS) is 10.7. The minimum Gasteiger partial charge on any atom is -0.493 e. The summed E-state index contributed by atoms with van der Waals surface area (Å²) in [5.74, 6) is -0.788. The summed E-state index contributed by atoms with van der Waals surface area (Å²) in [7, 11) is 1.34. The van der Waals surface area contributed by atoms with Crippen LogP contribution < -0.4 is 9.47 Å². The number of nitro benzene ring substituents is 1. The topological polar surface area (TPSA) is 74.5 Å². The molecule has 128 valence electrons. The average molecular weight is 342 g/mol. The number of rotatable bonds is 5. The maximum atomic E-state index is 13.7. The Balaban J connectivity index is 1.95. The van der Waals surface area contributed by atoms with Crippen LogP contribution in [-0.4, -0.2) is 17.0 Å². The van der Waals surface area contributed by atoms with Crippen molar-refractivity contribution >= 4 is 16.6 Å². The molecule has 0 spiro atoms. The molecule has 0 unspecified atom stereocenters. The maximum Gasteiger partial charge on any atom is 0.308 e. The molecular weight excluding hydrogens is 327 g/mol. The van der Waals surface area contributed by atoms with Gasteiger partial charge in [-0.2, -0.15) is 4.39 Å². The van der Waals surface area contributed by atoms with Crippen molar-refractivity contribution in [3.05, 3.63) is 69.7 Å². The Labute approximate surface area is 143 Å². The highest BCUT2D eigenvalue weighted by Gasteiger charge is 2.20. The van der Waals surface area contributed by atoms with Gasteiger partial charge in [-0.3, -0.25) is 15.1 Å². The van der Waals surface area contributed by atoms with Crippen molar-refractivity contribution in [1.29, 1.82) is 0 Å². The summed E-state index contributed by atoms with van der Waals surface area (Å²) in [6.45, 7) is 2.01. The quantitative estimate of drug-likeness (QED) is 0.514. The van der Waals surface area contributed by atoms with Crippen LogP contribution in [-0.2, 0) is 6.61 Å². The number of ether oxygens (including phenoxy) is 2. The highest BCUT2D eigenvalue weighted by Crippen LogP contribution is 2.34. The summed E-state index contributed by atoms with van der Waals surface area (Å²) in [6.07, 6.45) is 0. The molecule has 0 fully saturated rings. The molecule has 2 aromatic carbocycles. The first-order valence-corrected chi connectivity index (χ1v) is 7.49. The van der Waals surface area contributed by atoms with E-state index in [4.69, 9.17) is 9.47 Å². The van der Waals surface area contributed by atoms with Crippen molar-refractivity contribution in [2.45, 2.75) is 13.5 Å². The zero-order valence-electron chi connectivity index (χ0n) is 13.7. The molecule has 0 bridgehead atoms. The third-order valence-electron chi connectivity index (χ3n) is 3.76. The van der Waals surface area contributed by atoms with Crippen molar-refractivity contribution in [3.63, 3.8) is 0 Å². The molecule has 0 saturated heterocycles. The Morgan fingerprint density at radius 1 is 1.20 bits per heavy atom. The molecule has 0 amide bonds. The molecule has 0 aliphatic carbocycles. The molecule has 3 rings (SSSR count). The third-order valence-corrected chi connectivity index (χ3v) is 3.76. The molecule has 0 N–H and O–H groups in total. The van der Waals surface area contributed by atoms with Gasteiger partial charge in [0.05, 0.1) is 23.6 Å². The van der Waals surface area contributed by atoms with Crippen molar-refractivity contribution in [2.75, 3.05) is 7.11 Å². The first-order valence-electron chi connectivity index (χ1n) is 7.49. The Morgan fingerprint density at radius 3 is 2.72 bits per heavy atom. The van der Waals surface area contributed by atoms with Gasteiger partial charge in [0.25, 0.3) is 0 Å². The van der Waals surface area contributed by atoms with E-state index in [1.165, 1.54) is 7.11 Å². The predicted molar refractivity (Wildman–Crippen MR) is 90.4 cm³/mol. The van der Waals surface area contributed by atoms with Gasteiger partial charge in [-0.1, -0.05) is 24.3 Å². The molecule has 1 aromatic heterocycles. The largest absolute Gasteiger partial charge is 0.493 e. The fraction of sp³-hybridized carbons (Fsp3) is 0.167. The van der Waals surface area contributed by atoms with Crippen molar-refractivity contribution in [1.82, 2.24) is 4.98 Å². The zero-order chi connectivity index (χ0) is 18.0. The molecule has 6 nitrogen and oxygen atoms in total. The van der Waals surface area contributed by atoms with Gasteiger partial charge >= 0.3 is 5.69 Å². The Hall–Kier alpha value is -3.22. The lowest BCUT2D eigenvalue weighted by Crippen LogP contribution is -2.02. The molecular formula is C18H15FN2O4. The minimum absolute atomic E-state index is 0.0903. The van der Waals surface area contributed by atoms with Crippen LogP contribution in [0.2, 0.25) is 0 Å². The highest BCUT2D eigenvalue weighted by molar-refractivity contribution is 5.81. The standard InChI is InChI=1S/C18H15FN2O4/c1-11-6-7-12-4-3-5-13(18(12)20-11)10-25-17-9-15(21(22)23)14(19)8-16(17)24-2/h3-9H,10H2,1-2H3. The van der Waals surface area contributed by atoms with Gasteiger partial charge in [-0.05, 0) is 13.0 Å². The van der Waals surface area contributed by atoms with Crippen molar-refractivity contribution in [3.8, 4) is 11.5 Å². The second-order valence-electron chi connectivity index (χ2n) is 5.44. The van der Waals surface area contributed by atoms with Crippen LogP contribution in [0.3, 0.4) is 0 Å². The zero-order valence-corrected chi connectivity index (χ0v) is 13.7. The van der Waals surface area contributed by atoms with Gasteiger partial charge in [0, 0.05) is 22.7 Å². The Morgan fingerprint density at radius 2 is 2.00 bits per heavy atom. The first kappa shape index (κ1) is 16.6. The number of fused-ring (bicyclic) bond motifs is 1. The lowest BCUT2D eigenvalue weighted by molar-refractivity contribution is -0.387. The number of aryl methyl sites for hydroxylation is 1. The van der Waals surface area contributed by atoms with Crippen LogP contribution in [0.5, 0.6) is 11.5 Å². The summed E-state index contributed by atoms with van der Waals surface area (Å²) >= 11 is 0. The molecule has 7 heteroatoms. The lowest BCUT2D eigenvalue weighted by atomic mass is 10.1. The average Bonchev–Trinajstić information content (AvgIpc) is 2.60. The molecule has 0 aliphatic rings. The van der Waals surface area contributed by atoms with Gasteiger partial charge in [-0.15, -0.1) is 0 Å². The molecule has 25 heavy (non-hydrogen) atoms. The van der Waals surface area contributed by atoms with E-state index >= 15 is 0 Å². The maximum absolute atomic E-state index is 13.7. The number of hydrogen-bond donors (Lipinski definition) is 0. The third kappa shape index (κ3) is 3.35.